The molecule has 0 aliphatic rings. The highest BCUT2D eigenvalue weighted by Crippen LogP contribution is 2.23. The van der Waals surface area contributed by atoms with E-state index >= 15 is 0 Å². The summed E-state index contributed by atoms with van der Waals surface area (Å²) in [7, 11) is 0. The summed E-state index contributed by atoms with van der Waals surface area (Å²) < 4.78 is 5.28. The molecule has 3 aromatic rings. The van der Waals surface area contributed by atoms with Gasteiger partial charge in [-0.25, -0.2) is 0 Å². The number of benzene rings is 2. The van der Waals surface area contributed by atoms with Crippen molar-refractivity contribution >= 4 is 17.3 Å². The van der Waals surface area contributed by atoms with Crippen LogP contribution in [0.5, 0.6) is 0 Å². The van der Waals surface area contributed by atoms with E-state index in [1.165, 1.54) is 11.1 Å². The average Bonchev–Trinajstić information content (AvgIpc) is 3.04. The van der Waals surface area contributed by atoms with Crippen molar-refractivity contribution < 1.29 is 9.63 Å². The fourth-order valence-corrected chi connectivity index (χ4v) is 2.57. The van der Waals surface area contributed by atoms with Gasteiger partial charge in [0.15, 0.2) is 5.82 Å². The number of aromatic nitrogens is 2. The molecule has 1 aromatic heterocycles. The number of aliphatic hydroxyl groups is 1. The lowest BCUT2D eigenvalue weighted by Gasteiger charge is -2.07. The van der Waals surface area contributed by atoms with Gasteiger partial charge in [-0.05, 0) is 35.7 Å². The molecule has 0 unspecified atom stereocenters. The fourth-order valence-electron chi connectivity index (χ4n) is 2.39. The van der Waals surface area contributed by atoms with Gasteiger partial charge in [0.1, 0.15) is 0 Å². The average molecular weight is 344 g/mol. The zero-order valence-corrected chi connectivity index (χ0v) is 14.0. The van der Waals surface area contributed by atoms with E-state index in [2.05, 4.69) is 34.5 Å². The molecule has 0 bridgehead atoms. The third-order valence-electron chi connectivity index (χ3n) is 3.76. The number of anilines is 1. The summed E-state index contributed by atoms with van der Waals surface area (Å²) in [5.74, 6) is 1.14. The van der Waals surface area contributed by atoms with Crippen molar-refractivity contribution in [3.8, 4) is 0 Å². The summed E-state index contributed by atoms with van der Waals surface area (Å²) in [4.78, 5) is 4.40. The minimum absolute atomic E-state index is 0.0347. The molecular formula is C18H18ClN3O2. The van der Waals surface area contributed by atoms with Crippen molar-refractivity contribution in [2.75, 3.05) is 5.32 Å². The smallest absolute Gasteiger partial charge is 0.245 e. The molecule has 6 heteroatoms. The first-order chi connectivity index (χ1) is 11.7. The number of nitrogens with zero attached hydrogens (tertiary/aromatic N) is 2. The first-order valence-electron chi connectivity index (χ1n) is 7.65. The van der Waals surface area contributed by atoms with Crippen LogP contribution >= 0.6 is 11.6 Å². The van der Waals surface area contributed by atoms with Crippen LogP contribution in [0, 0.1) is 6.92 Å². The van der Waals surface area contributed by atoms with Crippen molar-refractivity contribution in [3.05, 3.63) is 75.9 Å². The van der Waals surface area contributed by atoms with Gasteiger partial charge in [0.2, 0.25) is 5.89 Å². The second kappa shape index (κ2) is 7.47. The van der Waals surface area contributed by atoms with Crippen molar-refractivity contribution in [3.63, 3.8) is 0 Å². The first kappa shape index (κ1) is 16.5. The molecule has 1 heterocycles. The normalized spacial score (nSPS) is 10.8. The summed E-state index contributed by atoms with van der Waals surface area (Å²) >= 11 is 6.14. The van der Waals surface area contributed by atoms with Gasteiger partial charge in [0, 0.05) is 6.42 Å². The number of halogens is 1. The highest BCUT2D eigenvalue weighted by Gasteiger charge is 2.09. The Kier molecular flexibility index (Phi) is 5.13. The van der Waals surface area contributed by atoms with Crippen LogP contribution in [0.3, 0.4) is 0 Å². The lowest BCUT2D eigenvalue weighted by Crippen LogP contribution is -2.01. The Labute approximate surface area is 145 Å². The third kappa shape index (κ3) is 3.93. The van der Waals surface area contributed by atoms with E-state index in [0.29, 0.717) is 29.7 Å². The first-order valence-corrected chi connectivity index (χ1v) is 8.02. The Morgan fingerprint density at radius 1 is 1.21 bits per heavy atom. The maximum Gasteiger partial charge on any atom is 0.245 e. The highest BCUT2D eigenvalue weighted by molar-refractivity contribution is 6.33. The minimum atomic E-state index is -0.0347. The lowest BCUT2D eigenvalue weighted by atomic mass is 10.1. The van der Waals surface area contributed by atoms with E-state index in [-0.39, 0.29) is 6.61 Å². The van der Waals surface area contributed by atoms with Gasteiger partial charge in [-0.1, -0.05) is 47.1 Å². The molecular weight excluding hydrogens is 326 g/mol. The van der Waals surface area contributed by atoms with Crippen LogP contribution in [0.4, 0.5) is 5.69 Å². The van der Waals surface area contributed by atoms with Gasteiger partial charge in [0.25, 0.3) is 0 Å². The monoisotopic (exact) mass is 343 g/mol. The van der Waals surface area contributed by atoms with E-state index in [4.69, 9.17) is 16.1 Å². The quantitative estimate of drug-likeness (QED) is 0.713. The Hall–Kier alpha value is -2.37. The van der Waals surface area contributed by atoms with Gasteiger partial charge in [-0.3, -0.25) is 0 Å². The van der Waals surface area contributed by atoms with Crippen molar-refractivity contribution in [2.45, 2.75) is 26.5 Å². The van der Waals surface area contributed by atoms with Gasteiger partial charge in [-0.15, -0.1) is 0 Å². The second-order valence-corrected chi connectivity index (χ2v) is 5.94. The fraction of sp³-hybridized carbons (Fsp3) is 0.222. The Balaban J connectivity index is 1.65. The van der Waals surface area contributed by atoms with Gasteiger partial charge < -0.3 is 14.9 Å². The Bertz CT molecular complexity index is 833. The zero-order valence-electron chi connectivity index (χ0n) is 13.3. The predicted octanol–water partition coefficient (Wildman–Crippen LogP) is 3.73. The molecule has 0 aliphatic heterocycles. The predicted molar refractivity (Wildman–Crippen MR) is 93.0 cm³/mol. The topological polar surface area (TPSA) is 71.2 Å². The van der Waals surface area contributed by atoms with E-state index in [9.17, 15) is 5.11 Å². The van der Waals surface area contributed by atoms with Gasteiger partial charge in [0.05, 0.1) is 23.9 Å². The van der Waals surface area contributed by atoms with Crippen molar-refractivity contribution in [1.82, 2.24) is 10.1 Å². The summed E-state index contributed by atoms with van der Waals surface area (Å²) in [6.07, 6.45) is 0.636. The zero-order chi connectivity index (χ0) is 16.9. The molecule has 0 saturated carbocycles. The van der Waals surface area contributed by atoms with Crippen LogP contribution in [0.15, 0.2) is 47.0 Å². The number of hydrogen-bond acceptors (Lipinski definition) is 5. The summed E-state index contributed by atoms with van der Waals surface area (Å²) in [5, 5.41) is 16.9. The maximum absolute atomic E-state index is 9.19. The van der Waals surface area contributed by atoms with E-state index < -0.39 is 0 Å². The molecule has 0 atom stereocenters. The summed E-state index contributed by atoms with van der Waals surface area (Å²) in [6, 6.07) is 13.5. The number of aryl methyl sites for hydroxylation is 1. The van der Waals surface area contributed by atoms with Crippen molar-refractivity contribution in [1.29, 1.82) is 0 Å². The van der Waals surface area contributed by atoms with Crippen LogP contribution in [-0.4, -0.2) is 15.2 Å². The third-order valence-corrected chi connectivity index (χ3v) is 4.09. The van der Waals surface area contributed by atoms with Gasteiger partial charge in [-0.2, -0.15) is 4.98 Å². The van der Waals surface area contributed by atoms with Crippen LogP contribution in [0.1, 0.15) is 28.4 Å². The molecule has 0 radical (unpaired) electrons. The molecule has 2 N–H and O–H groups in total. The van der Waals surface area contributed by atoms with Crippen LogP contribution in [0.25, 0.3) is 0 Å². The van der Waals surface area contributed by atoms with E-state index in [0.717, 1.165) is 11.3 Å². The molecule has 0 spiro atoms. The van der Waals surface area contributed by atoms with Crippen LogP contribution in [-0.2, 0) is 19.6 Å². The standard InChI is InChI=1S/C18H18ClN3O2/c1-12-4-2-3-5-14(12)9-17-21-18(24-22-17)10-20-16-8-13(11-23)6-7-15(16)19/h2-8,20,23H,9-11H2,1H3. The number of rotatable bonds is 6. The lowest BCUT2D eigenvalue weighted by molar-refractivity contribution is 0.282. The SMILES string of the molecule is Cc1ccccc1Cc1noc(CNc2cc(CO)ccc2Cl)n1. The van der Waals surface area contributed by atoms with Crippen molar-refractivity contribution in [2.24, 2.45) is 0 Å². The molecule has 0 fully saturated rings. The molecule has 124 valence electrons. The number of nitrogens with one attached hydrogen (secondary N) is 1. The molecule has 5 nitrogen and oxygen atoms in total. The maximum atomic E-state index is 9.19. The largest absolute Gasteiger partial charge is 0.392 e. The molecule has 0 amide bonds. The van der Waals surface area contributed by atoms with Crippen LogP contribution < -0.4 is 5.32 Å². The van der Waals surface area contributed by atoms with Crippen LogP contribution in [0.2, 0.25) is 5.02 Å². The van der Waals surface area contributed by atoms with E-state index in [1.807, 2.05) is 12.1 Å². The number of hydrogen-bond donors (Lipinski definition) is 2. The molecule has 3 rings (SSSR count). The Morgan fingerprint density at radius 3 is 2.83 bits per heavy atom. The molecule has 2 aromatic carbocycles. The van der Waals surface area contributed by atoms with Gasteiger partial charge >= 0.3 is 0 Å². The highest BCUT2D eigenvalue weighted by atomic mass is 35.5. The molecule has 0 saturated heterocycles. The van der Waals surface area contributed by atoms with E-state index in [1.54, 1.807) is 18.2 Å². The number of aliphatic hydroxyl groups excluding tert-OH is 1. The summed E-state index contributed by atoms with van der Waals surface area (Å²) in [5.41, 5.74) is 3.89. The molecule has 24 heavy (non-hydrogen) atoms. The minimum Gasteiger partial charge on any atom is -0.392 e. The Morgan fingerprint density at radius 2 is 2.04 bits per heavy atom. The summed E-state index contributed by atoms with van der Waals surface area (Å²) in [6.45, 7) is 2.40. The second-order valence-electron chi connectivity index (χ2n) is 5.53. The molecule has 0 aliphatic carbocycles.